The average molecular weight is 1200 g/mol. The van der Waals surface area contributed by atoms with Gasteiger partial charge in [0.2, 0.25) is 5.91 Å². The van der Waals surface area contributed by atoms with Crippen LogP contribution in [0.25, 0.3) is 0 Å². The van der Waals surface area contributed by atoms with E-state index >= 15 is 0 Å². The fourth-order valence-corrected chi connectivity index (χ4v) is 11.8. The zero-order valence-corrected chi connectivity index (χ0v) is 55.9. The van der Waals surface area contributed by atoms with Crippen LogP contribution in [0.4, 0.5) is 0 Å². The van der Waals surface area contributed by atoms with Crippen molar-refractivity contribution >= 4 is 5.91 Å². The van der Waals surface area contributed by atoms with Crippen LogP contribution in [-0.4, -0.2) is 87.5 Å². The van der Waals surface area contributed by atoms with Gasteiger partial charge in [-0.1, -0.05) is 338 Å². The predicted octanol–water partition coefficient (Wildman–Crippen LogP) is 20.5. The minimum absolute atomic E-state index is 0.185. The second-order valence-electron chi connectivity index (χ2n) is 25.7. The maximum Gasteiger partial charge on any atom is 0.220 e. The number of carbonyl (C=O) groups excluding carboxylic acids is 1. The van der Waals surface area contributed by atoms with E-state index < -0.39 is 49.5 Å². The van der Waals surface area contributed by atoms with Gasteiger partial charge < -0.3 is 40.3 Å². The van der Waals surface area contributed by atoms with E-state index in [2.05, 4.69) is 67.8 Å². The third-order valence-corrected chi connectivity index (χ3v) is 17.5. The summed E-state index contributed by atoms with van der Waals surface area (Å²) in [4.78, 5) is 13.1. The number of aliphatic hydroxyl groups excluding tert-OH is 5. The molecule has 1 amide bonds. The first kappa shape index (κ1) is 80.9. The molecule has 498 valence electrons. The monoisotopic (exact) mass is 1200 g/mol. The largest absolute Gasteiger partial charge is 0.394 e. The van der Waals surface area contributed by atoms with Gasteiger partial charge in [0, 0.05) is 6.42 Å². The van der Waals surface area contributed by atoms with Crippen molar-refractivity contribution in [3.05, 3.63) is 60.8 Å². The first-order valence-electron chi connectivity index (χ1n) is 37.0. The number of hydrogen-bond acceptors (Lipinski definition) is 8. The Morgan fingerprint density at radius 3 is 1.06 bits per heavy atom. The molecule has 1 rings (SSSR count). The number of carbonyl (C=O) groups is 1. The Hall–Kier alpha value is -2.11. The van der Waals surface area contributed by atoms with Gasteiger partial charge in [0.05, 0.1) is 25.4 Å². The van der Waals surface area contributed by atoms with Gasteiger partial charge >= 0.3 is 0 Å². The molecule has 1 aliphatic heterocycles. The van der Waals surface area contributed by atoms with Gasteiger partial charge in [0.25, 0.3) is 0 Å². The lowest BCUT2D eigenvalue weighted by molar-refractivity contribution is -0.302. The van der Waals surface area contributed by atoms with Gasteiger partial charge in [-0.15, -0.1) is 0 Å². The Kier molecular flexibility index (Phi) is 61.7. The van der Waals surface area contributed by atoms with E-state index in [0.717, 1.165) is 51.4 Å². The summed E-state index contributed by atoms with van der Waals surface area (Å²) in [6.45, 7) is 3.79. The van der Waals surface area contributed by atoms with Crippen molar-refractivity contribution in [1.82, 2.24) is 5.32 Å². The van der Waals surface area contributed by atoms with Gasteiger partial charge in [-0.2, -0.15) is 0 Å². The normalized spacial score (nSPS) is 18.4. The summed E-state index contributed by atoms with van der Waals surface area (Å²) in [5, 5.41) is 54.8. The Bertz CT molecular complexity index is 1530. The van der Waals surface area contributed by atoms with Gasteiger partial charge in [0.1, 0.15) is 24.4 Å². The van der Waals surface area contributed by atoms with Crippen molar-refractivity contribution < 1.29 is 39.8 Å². The Morgan fingerprint density at radius 2 is 0.706 bits per heavy atom. The summed E-state index contributed by atoms with van der Waals surface area (Å²) in [5.41, 5.74) is 0. The fourth-order valence-electron chi connectivity index (χ4n) is 11.8. The second kappa shape index (κ2) is 64.9. The molecule has 7 unspecified atom stereocenters. The summed E-state index contributed by atoms with van der Waals surface area (Å²) < 4.78 is 11.3. The maximum atomic E-state index is 13.1. The summed E-state index contributed by atoms with van der Waals surface area (Å²) >= 11 is 0. The van der Waals surface area contributed by atoms with Crippen molar-refractivity contribution in [2.75, 3.05) is 13.2 Å². The van der Waals surface area contributed by atoms with Crippen molar-refractivity contribution in [1.29, 1.82) is 0 Å². The molecule has 1 saturated heterocycles. The van der Waals surface area contributed by atoms with E-state index in [0.29, 0.717) is 6.42 Å². The number of rotatable bonds is 65. The summed E-state index contributed by atoms with van der Waals surface area (Å²) in [6, 6.07) is -0.830. The Morgan fingerprint density at radius 1 is 0.400 bits per heavy atom. The van der Waals surface area contributed by atoms with E-state index in [1.807, 2.05) is 6.08 Å². The number of aliphatic hydroxyl groups is 5. The minimum Gasteiger partial charge on any atom is -0.394 e. The number of unbranched alkanes of at least 4 members (excludes halogenated alkanes) is 47. The molecule has 6 N–H and O–H groups in total. The Labute approximate surface area is 526 Å². The zero-order valence-electron chi connectivity index (χ0n) is 55.9. The average Bonchev–Trinajstić information content (AvgIpc) is 3.57. The molecule has 1 heterocycles. The first-order valence-corrected chi connectivity index (χ1v) is 37.0. The number of ether oxygens (including phenoxy) is 2. The quantitative estimate of drug-likeness (QED) is 0.0261. The van der Waals surface area contributed by atoms with Crippen molar-refractivity contribution in [2.24, 2.45) is 0 Å². The summed E-state index contributed by atoms with van der Waals surface area (Å²) in [6.07, 6.45) is 83.5. The number of nitrogens with one attached hydrogen (secondary N) is 1. The number of hydrogen-bond donors (Lipinski definition) is 6. The fraction of sp³-hybridized carbons (Fsp3) is 0.855. The van der Waals surface area contributed by atoms with Crippen LogP contribution in [0.15, 0.2) is 60.8 Å². The third-order valence-electron chi connectivity index (χ3n) is 17.5. The van der Waals surface area contributed by atoms with E-state index in [4.69, 9.17) is 9.47 Å². The van der Waals surface area contributed by atoms with Crippen LogP contribution >= 0.6 is 0 Å². The molecule has 0 bridgehead atoms. The predicted molar refractivity (Wildman–Crippen MR) is 364 cm³/mol. The lowest BCUT2D eigenvalue weighted by Gasteiger charge is -2.40. The zero-order chi connectivity index (χ0) is 61.4. The highest BCUT2D eigenvalue weighted by molar-refractivity contribution is 5.76. The highest BCUT2D eigenvalue weighted by Crippen LogP contribution is 2.23. The van der Waals surface area contributed by atoms with Crippen molar-refractivity contribution in [3.8, 4) is 0 Å². The van der Waals surface area contributed by atoms with Crippen LogP contribution in [0.5, 0.6) is 0 Å². The van der Waals surface area contributed by atoms with Gasteiger partial charge in [-0.05, 0) is 77.0 Å². The Balaban J connectivity index is 2.10. The topological polar surface area (TPSA) is 149 Å². The van der Waals surface area contributed by atoms with E-state index in [1.54, 1.807) is 6.08 Å². The molecule has 9 nitrogen and oxygen atoms in total. The van der Waals surface area contributed by atoms with Crippen LogP contribution in [-0.2, 0) is 14.3 Å². The highest BCUT2D eigenvalue weighted by Gasteiger charge is 2.44. The molecule has 9 heteroatoms. The summed E-state index contributed by atoms with van der Waals surface area (Å²) in [5.74, 6) is -0.185. The molecule has 0 saturated carbocycles. The molecule has 0 spiro atoms. The van der Waals surface area contributed by atoms with E-state index in [9.17, 15) is 30.3 Å². The smallest absolute Gasteiger partial charge is 0.220 e. The molecular formula is C76H141NO8. The van der Waals surface area contributed by atoms with Crippen molar-refractivity contribution in [3.63, 3.8) is 0 Å². The lowest BCUT2D eigenvalue weighted by Crippen LogP contribution is -2.60. The van der Waals surface area contributed by atoms with Crippen LogP contribution in [0.2, 0.25) is 0 Å². The second-order valence-corrected chi connectivity index (χ2v) is 25.7. The SMILES string of the molecule is CCCCCCC/C=C\C/C=C\CCCCCCCCCCCCCCCCCCCCCCCCCCCC(=O)NC(COC1OC(CO)C(O)C(O)C1O)C(O)/C=C/CC/C=C/CC/C=C/CCCCCCCCCCCCCCCCC. The van der Waals surface area contributed by atoms with Gasteiger partial charge in [-0.3, -0.25) is 4.79 Å². The molecule has 1 aliphatic rings. The highest BCUT2D eigenvalue weighted by atomic mass is 16.7. The molecule has 0 radical (unpaired) electrons. The summed E-state index contributed by atoms with van der Waals surface area (Å²) in [7, 11) is 0. The molecule has 85 heavy (non-hydrogen) atoms. The molecule has 1 fully saturated rings. The molecule has 0 aliphatic carbocycles. The van der Waals surface area contributed by atoms with Crippen molar-refractivity contribution in [2.45, 2.75) is 403 Å². The molecular weight excluding hydrogens is 1050 g/mol. The van der Waals surface area contributed by atoms with Gasteiger partial charge in [-0.25, -0.2) is 0 Å². The third kappa shape index (κ3) is 53.4. The lowest BCUT2D eigenvalue weighted by atomic mass is 9.99. The number of amides is 1. The van der Waals surface area contributed by atoms with E-state index in [-0.39, 0.29) is 12.5 Å². The molecule has 0 aromatic carbocycles. The van der Waals surface area contributed by atoms with E-state index in [1.165, 1.54) is 289 Å². The van der Waals surface area contributed by atoms with Crippen LogP contribution in [0, 0.1) is 0 Å². The number of allylic oxidation sites excluding steroid dienone is 9. The minimum atomic E-state index is -1.58. The van der Waals surface area contributed by atoms with Crippen LogP contribution in [0.3, 0.4) is 0 Å². The molecule has 0 aromatic heterocycles. The maximum absolute atomic E-state index is 13.1. The standard InChI is InChI=1S/C76H141NO8/c1-3-5-7-9-11-13-15-17-19-21-23-25-27-29-30-31-32-33-34-35-36-37-38-39-40-42-44-46-48-50-52-54-56-58-60-62-64-66-72(80)77-69(68-84-76-75(83)74(82)73(81)71(67-78)85-76)70(79)65-63-61-59-57-55-53-51-49-47-45-43-41-28-26-24-22-20-18-16-14-12-10-8-6-4-2/h15,17,21,23,47,49,55,57,63,65,69-71,73-76,78-79,81-83H,3-14,16,18-20,22,24-46,48,50-54,56,58-62,64,66-68H2,1-2H3,(H,77,80)/b17-15-,23-21-,49-47+,57-55+,65-63+. The first-order chi connectivity index (χ1) is 41.8. The molecule has 0 aromatic rings. The molecule has 7 atom stereocenters. The van der Waals surface area contributed by atoms with Crippen LogP contribution in [0.1, 0.15) is 361 Å². The van der Waals surface area contributed by atoms with Gasteiger partial charge in [0.15, 0.2) is 6.29 Å². The van der Waals surface area contributed by atoms with Crippen LogP contribution < -0.4 is 5.32 Å².